The predicted molar refractivity (Wildman–Crippen MR) is 108 cm³/mol. The highest BCUT2D eigenvalue weighted by atomic mass is 35.5. The van der Waals surface area contributed by atoms with Crippen LogP contribution in [-0.2, 0) is 11.3 Å². The third kappa shape index (κ3) is 6.86. The number of hydrogen-bond donors (Lipinski definition) is 1. The highest BCUT2D eigenvalue weighted by Crippen LogP contribution is 2.15. The van der Waals surface area contributed by atoms with E-state index in [4.69, 9.17) is 16.3 Å². The van der Waals surface area contributed by atoms with E-state index in [1.807, 2.05) is 18.2 Å². The van der Waals surface area contributed by atoms with Gasteiger partial charge in [-0.2, -0.15) is 0 Å². The zero-order chi connectivity index (χ0) is 18.9. The van der Waals surface area contributed by atoms with Gasteiger partial charge in [0, 0.05) is 37.7 Å². The van der Waals surface area contributed by atoms with Crippen LogP contribution in [0.4, 0.5) is 0 Å². The van der Waals surface area contributed by atoms with E-state index in [1.165, 1.54) is 5.56 Å². The molecule has 1 aliphatic rings. The van der Waals surface area contributed by atoms with E-state index in [0.29, 0.717) is 24.7 Å². The molecule has 1 saturated heterocycles. The minimum absolute atomic E-state index is 0.0474. The summed E-state index contributed by atoms with van der Waals surface area (Å²) in [5.41, 5.74) is 1.34. The van der Waals surface area contributed by atoms with Crippen LogP contribution < -0.4 is 10.1 Å². The second kappa shape index (κ2) is 10.3. The first kappa shape index (κ1) is 19.7. The Morgan fingerprint density at radius 3 is 2.33 bits per heavy atom. The SMILES string of the molecule is O=C(CN1CCN(Cc2ccccc2)CC1)NCCOc1ccc(Cl)cc1. The van der Waals surface area contributed by atoms with Gasteiger partial charge in [-0.1, -0.05) is 41.9 Å². The molecular formula is C21H26ClN3O2. The van der Waals surface area contributed by atoms with Crippen LogP contribution >= 0.6 is 11.6 Å². The Bertz CT molecular complexity index is 701. The van der Waals surface area contributed by atoms with Crippen LogP contribution in [0.15, 0.2) is 54.6 Å². The van der Waals surface area contributed by atoms with Gasteiger partial charge in [-0.3, -0.25) is 14.6 Å². The van der Waals surface area contributed by atoms with Crippen LogP contribution in [0.5, 0.6) is 5.75 Å². The first-order valence-electron chi connectivity index (χ1n) is 9.33. The van der Waals surface area contributed by atoms with E-state index >= 15 is 0 Å². The first-order valence-corrected chi connectivity index (χ1v) is 9.70. The van der Waals surface area contributed by atoms with Gasteiger partial charge >= 0.3 is 0 Å². The second-order valence-corrected chi connectivity index (χ2v) is 7.13. The molecule has 0 aliphatic carbocycles. The molecule has 3 rings (SSSR count). The molecule has 27 heavy (non-hydrogen) atoms. The molecule has 1 aliphatic heterocycles. The molecule has 0 atom stereocenters. The molecule has 0 bridgehead atoms. The average Bonchev–Trinajstić information content (AvgIpc) is 2.69. The minimum Gasteiger partial charge on any atom is -0.492 e. The third-order valence-corrected chi connectivity index (χ3v) is 4.84. The second-order valence-electron chi connectivity index (χ2n) is 6.69. The number of halogens is 1. The number of hydrogen-bond acceptors (Lipinski definition) is 4. The number of carbonyl (C=O) groups excluding carboxylic acids is 1. The van der Waals surface area contributed by atoms with Crippen molar-refractivity contribution in [3.63, 3.8) is 0 Å². The number of rotatable bonds is 8. The Balaban J connectivity index is 1.28. The molecule has 1 fully saturated rings. The normalized spacial score (nSPS) is 15.4. The summed E-state index contributed by atoms with van der Waals surface area (Å²) in [4.78, 5) is 16.7. The number of nitrogens with one attached hydrogen (secondary N) is 1. The summed E-state index contributed by atoms with van der Waals surface area (Å²) in [5.74, 6) is 0.800. The Morgan fingerprint density at radius 2 is 1.63 bits per heavy atom. The maximum absolute atomic E-state index is 12.1. The van der Waals surface area contributed by atoms with Gasteiger partial charge in [-0.15, -0.1) is 0 Å². The van der Waals surface area contributed by atoms with Crippen molar-refractivity contribution >= 4 is 17.5 Å². The quantitative estimate of drug-likeness (QED) is 0.707. The largest absolute Gasteiger partial charge is 0.492 e. The van der Waals surface area contributed by atoms with Crippen molar-refractivity contribution < 1.29 is 9.53 Å². The van der Waals surface area contributed by atoms with E-state index < -0.39 is 0 Å². The number of amides is 1. The first-order chi connectivity index (χ1) is 13.2. The Labute approximate surface area is 165 Å². The van der Waals surface area contributed by atoms with Crippen molar-refractivity contribution in [2.75, 3.05) is 45.9 Å². The van der Waals surface area contributed by atoms with Gasteiger partial charge in [0.2, 0.25) is 5.91 Å². The molecule has 0 saturated carbocycles. The zero-order valence-corrected chi connectivity index (χ0v) is 16.2. The summed E-state index contributed by atoms with van der Waals surface area (Å²) in [6.07, 6.45) is 0. The molecule has 5 nitrogen and oxygen atoms in total. The molecule has 0 aromatic heterocycles. The highest BCUT2D eigenvalue weighted by molar-refractivity contribution is 6.30. The van der Waals surface area contributed by atoms with Crippen molar-refractivity contribution in [1.29, 1.82) is 0 Å². The smallest absolute Gasteiger partial charge is 0.234 e. The lowest BCUT2D eigenvalue weighted by Crippen LogP contribution is -2.49. The predicted octanol–water partition coefficient (Wildman–Crippen LogP) is 2.65. The lowest BCUT2D eigenvalue weighted by molar-refractivity contribution is -0.122. The molecule has 1 amide bonds. The summed E-state index contributed by atoms with van der Waals surface area (Å²) in [5, 5.41) is 3.60. The summed E-state index contributed by atoms with van der Waals surface area (Å²) in [6, 6.07) is 17.7. The molecule has 6 heteroatoms. The van der Waals surface area contributed by atoms with Gasteiger partial charge in [0.15, 0.2) is 0 Å². The number of piperazine rings is 1. The van der Waals surface area contributed by atoms with Crippen molar-refractivity contribution in [3.8, 4) is 5.75 Å². The molecule has 2 aromatic rings. The molecule has 1 N–H and O–H groups in total. The van der Waals surface area contributed by atoms with E-state index in [-0.39, 0.29) is 5.91 Å². The van der Waals surface area contributed by atoms with Crippen LogP contribution in [0, 0.1) is 0 Å². The van der Waals surface area contributed by atoms with Crippen molar-refractivity contribution in [3.05, 3.63) is 65.2 Å². The number of carbonyl (C=O) groups is 1. The van der Waals surface area contributed by atoms with E-state index in [9.17, 15) is 4.79 Å². The maximum atomic E-state index is 12.1. The summed E-state index contributed by atoms with van der Waals surface area (Å²) < 4.78 is 5.58. The van der Waals surface area contributed by atoms with Crippen LogP contribution in [0.1, 0.15) is 5.56 Å². The average molecular weight is 388 g/mol. The van der Waals surface area contributed by atoms with E-state index in [1.54, 1.807) is 12.1 Å². The number of nitrogens with zero attached hydrogens (tertiary/aromatic N) is 2. The van der Waals surface area contributed by atoms with Gasteiger partial charge < -0.3 is 10.1 Å². The highest BCUT2D eigenvalue weighted by Gasteiger charge is 2.18. The van der Waals surface area contributed by atoms with Crippen molar-refractivity contribution in [2.45, 2.75) is 6.54 Å². The summed E-state index contributed by atoms with van der Waals surface area (Å²) in [6.45, 7) is 6.17. The zero-order valence-electron chi connectivity index (χ0n) is 15.4. The number of benzene rings is 2. The van der Waals surface area contributed by atoms with E-state index in [0.717, 1.165) is 38.5 Å². The fraction of sp³-hybridized carbons (Fsp3) is 0.381. The fourth-order valence-electron chi connectivity index (χ4n) is 3.10. The lowest BCUT2D eigenvalue weighted by atomic mass is 10.2. The number of ether oxygens (including phenoxy) is 1. The molecule has 0 spiro atoms. The van der Waals surface area contributed by atoms with Gasteiger partial charge in [-0.25, -0.2) is 0 Å². The van der Waals surface area contributed by atoms with Gasteiger partial charge in [0.1, 0.15) is 12.4 Å². The Kier molecular flexibility index (Phi) is 7.51. The van der Waals surface area contributed by atoms with E-state index in [2.05, 4.69) is 39.4 Å². The molecule has 1 heterocycles. The minimum atomic E-state index is 0.0474. The summed E-state index contributed by atoms with van der Waals surface area (Å²) >= 11 is 5.84. The molecule has 144 valence electrons. The Hall–Kier alpha value is -2.08. The van der Waals surface area contributed by atoms with Gasteiger partial charge in [-0.05, 0) is 29.8 Å². The van der Waals surface area contributed by atoms with Crippen molar-refractivity contribution in [1.82, 2.24) is 15.1 Å². The monoisotopic (exact) mass is 387 g/mol. The standard InChI is InChI=1S/C21H26ClN3O2/c22-19-6-8-20(9-7-19)27-15-10-23-21(26)17-25-13-11-24(12-14-25)16-18-4-2-1-3-5-18/h1-9H,10-17H2,(H,23,26). The molecular weight excluding hydrogens is 362 g/mol. The van der Waals surface area contributed by atoms with Crippen molar-refractivity contribution in [2.24, 2.45) is 0 Å². The van der Waals surface area contributed by atoms with Gasteiger partial charge in [0.25, 0.3) is 0 Å². The van der Waals surface area contributed by atoms with Crippen LogP contribution in [0.3, 0.4) is 0 Å². The summed E-state index contributed by atoms with van der Waals surface area (Å²) in [7, 11) is 0. The fourth-order valence-corrected chi connectivity index (χ4v) is 3.22. The van der Waals surface area contributed by atoms with Gasteiger partial charge in [0.05, 0.1) is 13.1 Å². The van der Waals surface area contributed by atoms with Crippen LogP contribution in [0.2, 0.25) is 5.02 Å². The third-order valence-electron chi connectivity index (χ3n) is 4.59. The Morgan fingerprint density at radius 1 is 0.963 bits per heavy atom. The maximum Gasteiger partial charge on any atom is 0.234 e. The molecule has 0 unspecified atom stereocenters. The topological polar surface area (TPSA) is 44.8 Å². The lowest BCUT2D eigenvalue weighted by Gasteiger charge is -2.34. The molecule has 2 aromatic carbocycles. The van der Waals surface area contributed by atoms with Crippen LogP contribution in [-0.4, -0.2) is 61.6 Å². The van der Waals surface area contributed by atoms with Crippen LogP contribution in [0.25, 0.3) is 0 Å². The molecule has 0 radical (unpaired) electrons.